The minimum Gasteiger partial charge on any atom is -0.344 e. The zero-order chi connectivity index (χ0) is 9.35. The van der Waals surface area contributed by atoms with E-state index in [1.165, 1.54) is 6.07 Å². The van der Waals surface area contributed by atoms with Gasteiger partial charge in [0.1, 0.15) is 0 Å². The molecule has 4 N–H and O–H groups in total. The van der Waals surface area contributed by atoms with Gasteiger partial charge in [-0.1, -0.05) is 12.1 Å². The van der Waals surface area contributed by atoms with E-state index < -0.39 is 10.1 Å². The average molecular weight is 203 g/mol. The average Bonchev–Trinajstić information content (AvgIpc) is 1.92. The fourth-order valence-electron chi connectivity index (χ4n) is 0.985. The molecule has 74 valence electrons. The molecule has 0 aliphatic carbocycles. The molecular weight excluding hydrogens is 190 g/mol. The largest absolute Gasteiger partial charge is 0.344 e. The molecule has 1 aromatic carbocycles. The van der Waals surface area contributed by atoms with Gasteiger partial charge in [-0.2, -0.15) is 8.42 Å². The van der Waals surface area contributed by atoms with Crippen molar-refractivity contribution in [3.8, 4) is 0 Å². The molecule has 0 unspecified atom stereocenters. The predicted molar refractivity (Wildman–Crippen MR) is 50.8 cm³/mol. The highest BCUT2D eigenvalue weighted by molar-refractivity contribution is 7.85. The molecule has 0 bridgehead atoms. The maximum Gasteiger partial charge on any atom is 0.294 e. The first-order chi connectivity index (χ1) is 5.41. The SMILES string of the molecule is Cc1ccc(C)c(S(=O)(=O)O)c1.N. The third kappa shape index (κ3) is 2.80. The van der Waals surface area contributed by atoms with E-state index in [0.29, 0.717) is 5.56 Å². The molecule has 5 heteroatoms. The van der Waals surface area contributed by atoms with Crippen molar-refractivity contribution < 1.29 is 13.0 Å². The van der Waals surface area contributed by atoms with E-state index >= 15 is 0 Å². The van der Waals surface area contributed by atoms with Crippen LogP contribution in [0.2, 0.25) is 0 Å². The van der Waals surface area contributed by atoms with Crippen LogP contribution >= 0.6 is 0 Å². The van der Waals surface area contributed by atoms with Crippen LogP contribution in [0.25, 0.3) is 0 Å². The number of benzene rings is 1. The topological polar surface area (TPSA) is 89.4 Å². The zero-order valence-electron chi connectivity index (χ0n) is 7.61. The molecule has 1 rings (SSSR count). The number of rotatable bonds is 1. The Labute approximate surface area is 77.9 Å². The maximum atomic E-state index is 10.8. The van der Waals surface area contributed by atoms with Crippen LogP contribution in [0.5, 0.6) is 0 Å². The van der Waals surface area contributed by atoms with Crippen LogP contribution < -0.4 is 6.15 Å². The molecule has 0 aromatic heterocycles. The predicted octanol–water partition coefficient (Wildman–Crippen LogP) is 1.71. The van der Waals surface area contributed by atoms with Gasteiger partial charge in [0.25, 0.3) is 10.1 Å². The van der Waals surface area contributed by atoms with E-state index in [9.17, 15) is 8.42 Å². The van der Waals surface area contributed by atoms with Crippen LogP contribution in [0.4, 0.5) is 0 Å². The molecule has 0 radical (unpaired) electrons. The van der Waals surface area contributed by atoms with Crippen molar-refractivity contribution in [2.24, 2.45) is 0 Å². The first kappa shape index (κ1) is 12.1. The molecule has 13 heavy (non-hydrogen) atoms. The summed E-state index contributed by atoms with van der Waals surface area (Å²) in [6, 6.07) is 4.91. The summed E-state index contributed by atoms with van der Waals surface area (Å²) >= 11 is 0. The summed E-state index contributed by atoms with van der Waals surface area (Å²) < 4.78 is 30.3. The monoisotopic (exact) mass is 203 g/mol. The molecule has 0 aliphatic rings. The lowest BCUT2D eigenvalue weighted by molar-refractivity contribution is 0.482. The molecule has 0 fully saturated rings. The van der Waals surface area contributed by atoms with Gasteiger partial charge in [0.15, 0.2) is 0 Å². The van der Waals surface area contributed by atoms with Gasteiger partial charge in [0, 0.05) is 0 Å². The minimum absolute atomic E-state index is 0. The second-order valence-electron chi connectivity index (χ2n) is 2.74. The van der Waals surface area contributed by atoms with E-state index in [1.54, 1.807) is 26.0 Å². The summed E-state index contributed by atoms with van der Waals surface area (Å²) in [5.41, 5.74) is 1.37. The normalized spacial score (nSPS) is 10.7. The van der Waals surface area contributed by atoms with Gasteiger partial charge in [-0.25, -0.2) is 0 Å². The Kier molecular flexibility index (Phi) is 3.60. The van der Waals surface area contributed by atoms with Gasteiger partial charge in [0.2, 0.25) is 0 Å². The number of hydrogen-bond donors (Lipinski definition) is 2. The highest BCUT2D eigenvalue weighted by Gasteiger charge is 2.11. The van der Waals surface area contributed by atoms with E-state index in [4.69, 9.17) is 4.55 Å². The lowest BCUT2D eigenvalue weighted by Crippen LogP contribution is -2.00. The van der Waals surface area contributed by atoms with Gasteiger partial charge >= 0.3 is 0 Å². The Morgan fingerprint density at radius 1 is 1.23 bits per heavy atom. The van der Waals surface area contributed by atoms with E-state index in [1.807, 2.05) is 0 Å². The lowest BCUT2D eigenvalue weighted by atomic mass is 10.2. The first-order valence-electron chi connectivity index (χ1n) is 3.46. The van der Waals surface area contributed by atoms with Crippen LogP contribution in [-0.2, 0) is 10.1 Å². The maximum absolute atomic E-state index is 10.8. The van der Waals surface area contributed by atoms with Crippen molar-refractivity contribution in [3.05, 3.63) is 29.3 Å². The number of hydrogen-bond acceptors (Lipinski definition) is 3. The second-order valence-corrected chi connectivity index (χ2v) is 4.13. The molecule has 1 aromatic rings. The van der Waals surface area contributed by atoms with Gasteiger partial charge in [-0.3, -0.25) is 4.55 Å². The Bertz CT molecular complexity index is 398. The summed E-state index contributed by atoms with van der Waals surface area (Å²) in [7, 11) is -4.06. The standard InChI is InChI=1S/C8H10O3S.H3N/c1-6-3-4-7(2)8(5-6)12(9,10)11;/h3-5H,1-2H3,(H,9,10,11);1H3. The first-order valence-corrected chi connectivity index (χ1v) is 4.90. The van der Waals surface area contributed by atoms with Crippen molar-refractivity contribution in [1.82, 2.24) is 6.15 Å². The fraction of sp³-hybridized carbons (Fsp3) is 0.250. The van der Waals surface area contributed by atoms with Gasteiger partial charge in [-0.15, -0.1) is 0 Å². The minimum atomic E-state index is -4.06. The van der Waals surface area contributed by atoms with Crippen LogP contribution in [0.1, 0.15) is 11.1 Å². The van der Waals surface area contributed by atoms with Gasteiger partial charge in [0.05, 0.1) is 4.90 Å². The third-order valence-electron chi connectivity index (χ3n) is 1.62. The summed E-state index contributed by atoms with van der Waals surface area (Å²) in [6.07, 6.45) is 0. The van der Waals surface area contributed by atoms with Crippen LogP contribution in [0.15, 0.2) is 23.1 Å². The Hall–Kier alpha value is -0.910. The molecule has 0 saturated heterocycles. The smallest absolute Gasteiger partial charge is 0.294 e. The molecule has 0 amide bonds. The van der Waals surface area contributed by atoms with Crippen LogP contribution in [0, 0.1) is 13.8 Å². The Morgan fingerprint density at radius 2 is 1.77 bits per heavy atom. The molecule has 4 nitrogen and oxygen atoms in total. The second kappa shape index (κ2) is 3.87. The molecule has 0 atom stereocenters. The summed E-state index contributed by atoms with van der Waals surface area (Å²) in [5.74, 6) is 0. The van der Waals surface area contributed by atoms with Crippen molar-refractivity contribution in [3.63, 3.8) is 0 Å². The third-order valence-corrected chi connectivity index (χ3v) is 2.62. The Morgan fingerprint density at radius 3 is 2.15 bits per heavy atom. The molecular formula is C8H13NO3S. The Balaban J connectivity index is 0.00000144. The summed E-state index contributed by atoms with van der Waals surface area (Å²) in [6.45, 7) is 3.41. The van der Waals surface area contributed by atoms with Crippen molar-refractivity contribution >= 4 is 10.1 Å². The van der Waals surface area contributed by atoms with Crippen LogP contribution in [0.3, 0.4) is 0 Å². The molecule has 0 aliphatic heterocycles. The molecule has 0 saturated carbocycles. The molecule has 0 heterocycles. The summed E-state index contributed by atoms with van der Waals surface area (Å²) in [5, 5.41) is 0. The van der Waals surface area contributed by atoms with E-state index in [0.717, 1.165) is 5.56 Å². The number of aryl methyl sites for hydroxylation is 2. The van der Waals surface area contributed by atoms with Crippen molar-refractivity contribution in [2.75, 3.05) is 0 Å². The van der Waals surface area contributed by atoms with E-state index in [2.05, 4.69) is 0 Å². The highest BCUT2D eigenvalue weighted by Crippen LogP contribution is 2.15. The van der Waals surface area contributed by atoms with E-state index in [-0.39, 0.29) is 11.0 Å². The molecule has 0 spiro atoms. The zero-order valence-corrected chi connectivity index (χ0v) is 8.43. The van der Waals surface area contributed by atoms with Crippen molar-refractivity contribution in [2.45, 2.75) is 18.7 Å². The van der Waals surface area contributed by atoms with Crippen LogP contribution in [-0.4, -0.2) is 13.0 Å². The fourth-order valence-corrected chi connectivity index (χ4v) is 1.79. The lowest BCUT2D eigenvalue weighted by Gasteiger charge is -2.02. The summed E-state index contributed by atoms with van der Waals surface area (Å²) in [4.78, 5) is -0.0116. The highest BCUT2D eigenvalue weighted by atomic mass is 32.2. The van der Waals surface area contributed by atoms with Crippen molar-refractivity contribution in [1.29, 1.82) is 0 Å². The van der Waals surface area contributed by atoms with Gasteiger partial charge in [-0.05, 0) is 31.0 Å². The quantitative estimate of drug-likeness (QED) is 0.680. The van der Waals surface area contributed by atoms with Gasteiger partial charge < -0.3 is 6.15 Å².